The van der Waals surface area contributed by atoms with E-state index in [1.165, 1.54) is 16.7 Å². The predicted octanol–water partition coefficient (Wildman–Crippen LogP) is 4.75. The Hall–Kier alpha value is -2.07. The van der Waals surface area contributed by atoms with Gasteiger partial charge in [-0.1, -0.05) is 25.1 Å². The van der Waals surface area contributed by atoms with Crippen LogP contribution in [0.1, 0.15) is 36.1 Å². The highest BCUT2D eigenvalue weighted by Gasteiger charge is 2.11. The molecule has 0 radical (unpaired) electrons. The monoisotopic (exact) mass is 328 g/mol. The van der Waals surface area contributed by atoms with E-state index >= 15 is 0 Å². The molecule has 0 saturated carbocycles. The number of ether oxygens (including phenoxy) is 1. The summed E-state index contributed by atoms with van der Waals surface area (Å²) >= 11 is 5.44. The van der Waals surface area contributed by atoms with Crippen molar-refractivity contribution in [3.8, 4) is 5.75 Å². The standard InChI is InChI=1S/C19H24N2OS/c1-5-18(15-7-6-13(2)14(3)12-15)21-19(23)20-16-8-10-17(22-4)11-9-16/h6-12,18H,5H2,1-4H3,(H2,20,21,23). The largest absolute Gasteiger partial charge is 0.497 e. The Morgan fingerprint density at radius 1 is 1.09 bits per heavy atom. The van der Waals surface area contributed by atoms with E-state index < -0.39 is 0 Å². The fourth-order valence-electron chi connectivity index (χ4n) is 2.40. The van der Waals surface area contributed by atoms with Crippen LogP contribution in [0.4, 0.5) is 5.69 Å². The summed E-state index contributed by atoms with van der Waals surface area (Å²) < 4.78 is 5.16. The molecule has 0 saturated heterocycles. The van der Waals surface area contributed by atoms with Crippen molar-refractivity contribution >= 4 is 23.0 Å². The summed E-state index contributed by atoms with van der Waals surface area (Å²) in [6.45, 7) is 6.42. The van der Waals surface area contributed by atoms with Gasteiger partial charge in [0.25, 0.3) is 0 Å². The molecule has 3 nitrogen and oxygen atoms in total. The molecule has 1 unspecified atom stereocenters. The minimum atomic E-state index is 0.201. The number of anilines is 1. The zero-order chi connectivity index (χ0) is 16.8. The second-order valence-electron chi connectivity index (χ2n) is 5.63. The van der Waals surface area contributed by atoms with E-state index in [0.717, 1.165) is 17.9 Å². The lowest BCUT2D eigenvalue weighted by atomic mass is 9.99. The molecule has 0 bridgehead atoms. The van der Waals surface area contributed by atoms with Gasteiger partial charge in [-0.3, -0.25) is 0 Å². The Morgan fingerprint density at radius 3 is 2.35 bits per heavy atom. The van der Waals surface area contributed by atoms with Crippen LogP contribution >= 0.6 is 12.2 Å². The quantitative estimate of drug-likeness (QED) is 0.776. The summed E-state index contributed by atoms with van der Waals surface area (Å²) in [6, 6.07) is 14.5. The maximum atomic E-state index is 5.44. The van der Waals surface area contributed by atoms with E-state index in [1.54, 1.807) is 7.11 Å². The minimum absolute atomic E-state index is 0.201. The van der Waals surface area contributed by atoms with Crippen LogP contribution in [-0.4, -0.2) is 12.2 Å². The summed E-state index contributed by atoms with van der Waals surface area (Å²) in [5.41, 5.74) is 4.81. The van der Waals surface area contributed by atoms with Crippen LogP contribution in [0.3, 0.4) is 0 Å². The molecule has 1 atom stereocenters. The molecule has 2 rings (SSSR count). The van der Waals surface area contributed by atoms with Crippen molar-refractivity contribution in [2.45, 2.75) is 33.2 Å². The maximum absolute atomic E-state index is 5.44. The smallest absolute Gasteiger partial charge is 0.171 e. The summed E-state index contributed by atoms with van der Waals surface area (Å²) in [7, 11) is 1.66. The third-order valence-corrected chi connectivity index (χ3v) is 4.21. The molecule has 0 amide bonds. The SMILES string of the molecule is CCC(NC(=S)Nc1ccc(OC)cc1)c1ccc(C)c(C)c1. The van der Waals surface area contributed by atoms with Crippen molar-refractivity contribution in [2.75, 3.05) is 12.4 Å². The van der Waals surface area contributed by atoms with Gasteiger partial charge in [0.05, 0.1) is 13.2 Å². The molecule has 0 aliphatic heterocycles. The van der Waals surface area contributed by atoms with Crippen LogP contribution < -0.4 is 15.4 Å². The molecule has 0 aromatic heterocycles. The average molecular weight is 328 g/mol. The van der Waals surface area contributed by atoms with Crippen molar-refractivity contribution in [1.29, 1.82) is 0 Å². The van der Waals surface area contributed by atoms with E-state index in [0.29, 0.717) is 5.11 Å². The number of rotatable bonds is 5. The molecule has 0 fully saturated rings. The van der Waals surface area contributed by atoms with E-state index in [2.05, 4.69) is 49.6 Å². The lowest BCUT2D eigenvalue weighted by molar-refractivity contribution is 0.415. The average Bonchev–Trinajstić information content (AvgIpc) is 2.56. The Morgan fingerprint density at radius 2 is 1.78 bits per heavy atom. The highest BCUT2D eigenvalue weighted by atomic mass is 32.1. The van der Waals surface area contributed by atoms with Crippen molar-refractivity contribution in [2.24, 2.45) is 0 Å². The summed E-state index contributed by atoms with van der Waals surface area (Å²) in [5.74, 6) is 0.830. The fraction of sp³-hybridized carbons (Fsp3) is 0.316. The van der Waals surface area contributed by atoms with E-state index in [-0.39, 0.29) is 6.04 Å². The molecule has 2 N–H and O–H groups in total. The second-order valence-corrected chi connectivity index (χ2v) is 6.04. The van der Waals surface area contributed by atoms with Gasteiger partial charge < -0.3 is 15.4 Å². The first-order valence-corrected chi connectivity index (χ1v) is 8.23. The minimum Gasteiger partial charge on any atom is -0.497 e. The molecule has 2 aromatic carbocycles. The topological polar surface area (TPSA) is 33.3 Å². The van der Waals surface area contributed by atoms with Crippen LogP contribution in [0.25, 0.3) is 0 Å². The maximum Gasteiger partial charge on any atom is 0.171 e. The summed E-state index contributed by atoms with van der Waals surface area (Å²) in [5, 5.41) is 7.24. The number of hydrogen-bond acceptors (Lipinski definition) is 2. The number of hydrogen-bond donors (Lipinski definition) is 2. The lowest BCUT2D eigenvalue weighted by Crippen LogP contribution is -2.32. The fourth-order valence-corrected chi connectivity index (χ4v) is 2.66. The first-order valence-electron chi connectivity index (χ1n) is 7.82. The van der Waals surface area contributed by atoms with E-state index in [4.69, 9.17) is 17.0 Å². The van der Waals surface area contributed by atoms with Gasteiger partial charge in [-0.05, 0) is 73.4 Å². The predicted molar refractivity (Wildman–Crippen MR) is 101 cm³/mol. The molecule has 2 aromatic rings. The highest BCUT2D eigenvalue weighted by Crippen LogP contribution is 2.20. The first-order chi connectivity index (χ1) is 11.0. The Bertz CT molecular complexity index is 668. The number of benzene rings is 2. The number of methoxy groups -OCH3 is 1. The second kappa shape index (κ2) is 7.97. The number of nitrogens with one attached hydrogen (secondary N) is 2. The van der Waals surface area contributed by atoms with Gasteiger partial charge in [0.2, 0.25) is 0 Å². The molecule has 122 valence electrons. The van der Waals surface area contributed by atoms with Gasteiger partial charge in [0.15, 0.2) is 5.11 Å². The van der Waals surface area contributed by atoms with E-state index in [1.807, 2.05) is 24.3 Å². The third-order valence-electron chi connectivity index (χ3n) is 3.99. The van der Waals surface area contributed by atoms with Crippen LogP contribution in [0.5, 0.6) is 5.75 Å². The molecule has 0 aliphatic rings. The highest BCUT2D eigenvalue weighted by molar-refractivity contribution is 7.80. The van der Waals surface area contributed by atoms with Crippen LogP contribution in [0.15, 0.2) is 42.5 Å². The van der Waals surface area contributed by atoms with Crippen molar-refractivity contribution in [3.63, 3.8) is 0 Å². The van der Waals surface area contributed by atoms with Gasteiger partial charge in [-0.15, -0.1) is 0 Å². The Kier molecular flexibility index (Phi) is 5.99. The zero-order valence-electron chi connectivity index (χ0n) is 14.1. The zero-order valence-corrected chi connectivity index (χ0v) is 15.0. The summed E-state index contributed by atoms with van der Waals surface area (Å²) in [6.07, 6.45) is 0.965. The molecule has 4 heteroatoms. The first kappa shape index (κ1) is 17.3. The van der Waals surface area contributed by atoms with Crippen molar-refractivity contribution in [1.82, 2.24) is 5.32 Å². The Labute approximate surface area is 144 Å². The lowest BCUT2D eigenvalue weighted by Gasteiger charge is -2.21. The molecule has 0 spiro atoms. The normalized spacial score (nSPS) is 11.7. The molecule has 23 heavy (non-hydrogen) atoms. The number of aryl methyl sites for hydroxylation is 2. The van der Waals surface area contributed by atoms with Crippen molar-refractivity contribution in [3.05, 3.63) is 59.2 Å². The molecule has 0 heterocycles. The van der Waals surface area contributed by atoms with Gasteiger partial charge in [-0.25, -0.2) is 0 Å². The Balaban J connectivity index is 2.02. The summed E-state index contributed by atoms with van der Waals surface area (Å²) in [4.78, 5) is 0. The van der Waals surface area contributed by atoms with Crippen LogP contribution in [0.2, 0.25) is 0 Å². The molecule has 0 aliphatic carbocycles. The van der Waals surface area contributed by atoms with Gasteiger partial charge >= 0.3 is 0 Å². The van der Waals surface area contributed by atoms with Crippen LogP contribution in [0, 0.1) is 13.8 Å². The third kappa shape index (κ3) is 4.70. The number of thiocarbonyl (C=S) groups is 1. The van der Waals surface area contributed by atoms with Gasteiger partial charge in [0.1, 0.15) is 5.75 Å². The van der Waals surface area contributed by atoms with Gasteiger partial charge in [0, 0.05) is 5.69 Å². The van der Waals surface area contributed by atoms with Gasteiger partial charge in [-0.2, -0.15) is 0 Å². The molecular weight excluding hydrogens is 304 g/mol. The van der Waals surface area contributed by atoms with E-state index in [9.17, 15) is 0 Å². The van der Waals surface area contributed by atoms with Crippen molar-refractivity contribution < 1.29 is 4.74 Å². The molecular formula is C19H24N2OS. The van der Waals surface area contributed by atoms with Crippen LogP contribution in [-0.2, 0) is 0 Å².